The fraction of sp³-hybridized carbons (Fsp3) is 0.500. The SMILES string of the molecule is O=c1[nH]ccc2c1N(S(=O)(=O)c1cnn(C3CCCC3)c1)CCC2. The van der Waals surface area contributed by atoms with E-state index in [9.17, 15) is 13.2 Å². The molecule has 0 aromatic carbocycles. The highest BCUT2D eigenvalue weighted by molar-refractivity contribution is 7.92. The number of aryl methyl sites for hydroxylation is 1. The lowest BCUT2D eigenvalue weighted by Crippen LogP contribution is -2.39. The quantitative estimate of drug-likeness (QED) is 0.916. The van der Waals surface area contributed by atoms with E-state index in [1.54, 1.807) is 23.1 Å². The maximum absolute atomic E-state index is 13.1. The van der Waals surface area contributed by atoms with Crippen molar-refractivity contribution in [3.8, 4) is 0 Å². The van der Waals surface area contributed by atoms with Crippen LogP contribution in [0.5, 0.6) is 0 Å². The predicted octanol–water partition coefficient (Wildman–Crippen LogP) is 1.83. The van der Waals surface area contributed by atoms with Crippen LogP contribution in [-0.2, 0) is 16.4 Å². The van der Waals surface area contributed by atoms with E-state index < -0.39 is 10.0 Å². The van der Waals surface area contributed by atoms with Crippen LogP contribution in [0.3, 0.4) is 0 Å². The van der Waals surface area contributed by atoms with Gasteiger partial charge in [-0.3, -0.25) is 13.8 Å². The average molecular weight is 348 g/mol. The lowest BCUT2D eigenvalue weighted by atomic mass is 10.1. The second-order valence-electron chi connectivity index (χ2n) is 6.46. The summed E-state index contributed by atoms with van der Waals surface area (Å²) in [4.78, 5) is 14.9. The first kappa shape index (κ1) is 15.4. The van der Waals surface area contributed by atoms with E-state index in [1.807, 2.05) is 0 Å². The molecule has 0 bridgehead atoms. The van der Waals surface area contributed by atoms with Gasteiger partial charge in [-0.2, -0.15) is 5.10 Å². The molecule has 1 saturated carbocycles. The van der Waals surface area contributed by atoms with Crippen molar-refractivity contribution in [2.24, 2.45) is 0 Å². The molecular formula is C16H20N4O3S. The summed E-state index contributed by atoms with van der Waals surface area (Å²) in [6, 6.07) is 2.06. The molecule has 1 fully saturated rings. The number of nitrogens with zero attached hydrogens (tertiary/aromatic N) is 3. The number of rotatable bonds is 3. The molecular weight excluding hydrogens is 328 g/mol. The largest absolute Gasteiger partial charge is 0.327 e. The molecule has 0 radical (unpaired) electrons. The number of hydrogen-bond donors (Lipinski definition) is 1. The third-order valence-corrected chi connectivity index (χ3v) is 6.69. The van der Waals surface area contributed by atoms with Crippen LogP contribution in [0, 0.1) is 0 Å². The highest BCUT2D eigenvalue weighted by Crippen LogP contribution is 2.31. The fourth-order valence-electron chi connectivity index (χ4n) is 3.70. The van der Waals surface area contributed by atoms with Gasteiger partial charge in [0.2, 0.25) is 0 Å². The van der Waals surface area contributed by atoms with Gasteiger partial charge in [0, 0.05) is 18.9 Å². The van der Waals surface area contributed by atoms with Gasteiger partial charge in [-0.1, -0.05) is 12.8 Å². The van der Waals surface area contributed by atoms with Crippen LogP contribution in [0.2, 0.25) is 0 Å². The molecule has 0 spiro atoms. The predicted molar refractivity (Wildman–Crippen MR) is 89.6 cm³/mol. The van der Waals surface area contributed by atoms with Crippen molar-refractivity contribution in [2.75, 3.05) is 10.8 Å². The molecule has 0 saturated heterocycles. The molecule has 8 heteroatoms. The van der Waals surface area contributed by atoms with Crippen molar-refractivity contribution in [3.05, 3.63) is 40.6 Å². The van der Waals surface area contributed by atoms with Crippen molar-refractivity contribution in [2.45, 2.75) is 49.5 Å². The van der Waals surface area contributed by atoms with Crippen LogP contribution in [0.25, 0.3) is 0 Å². The average Bonchev–Trinajstić information content (AvgIpc) is 3.26. The molecule has 3 heterocycles. The van der Waals surface area contributed by atoms with Crippen molar-refractivity contribution >= 4 is 15.7 Å². The summed E-state index contributed by atoms with van der Waals surface area (Å²) in [5, 5.41) is 4.26. The Morgan fingerprint density at radius 1 is 1.21 bits per heavy atom. The molecule has 0 atom stereocenters. The molecule has 1 aliphatic heterocycles. The monoisotopic (exact) mass is 348 g/mol. The number of aromatic amines is 1. The zero-order valence-corrected chi connectivity index (χ0v) is 14.1. The van der Waals surface area contributed by atoms with Crippen LogP contribution in [0.1, 0.15) is 43.7 Å². The number of H-pyrrole nitrogens is 1. The Morgan fingerprint density at radius 2 is 2.00 bits per heavy atom. The Kier molecular flexibility index (Phi) is 3.71. The van der Waals surface area contributed by atoms with E-state index in [-0.39, 0.29) is 22.2 Å². The molecule has 2 aromatic rings. The Hall–Kier alpha value is -2.09. The standard InChI is InChI=1S/C16H20N4O3S/c21-16-15-12(7-8-17-16)4-3-9-20(15)24(22,23)14-10-18-19(11-14)13-5-1-2-6-13/h7-8,10-11,13H,1-6,9H2,(H,17,21). The van der Waals surface area contributed by atoms with E-state index in [2.05, 4.69) is 10.1 Å². The summed E-state index contributed by atoms with van der Waals surface area (Å²) in [6.07, 6.45) is 10.4. The molecule has 1 aliphatic carbocycles. The Morgan fingerprint density at radius 3 is 2.79 bits per heavy atom. The van der Waals surface area contributed by atoms with Crippen LogP contribution >= 0.6 is 0 Å². The molecule has 1 N–H and O–H groups in total. The maximum Gasteiger partial charge on any atom is 0.272 e. The fourth-order valence-corrected chi connectivity index (χ4v) is 5.19. The summed E-state index contributed by atoms with van der Waals surface area (Å²) >= 11 is 0. The van der Waals surface area contributed by atoms with Gasteiger partial charge in [0.05, 0.1) is 12.2 Å². The van der Waals surface area contributed by atoms with E-state index in [4.69, 9.17) is 0 Å². The highest BCUT2D eigenvalue weighted by atomic mass is 32.2. The van der Waals surface area contributed by atoms with Crippen molar-refractivity contribution < 1.29 is 8.42 Å². The highest BCUT2D eigenvalue weighted by Gasteiger charge is 2.32. The number of nitrogens with one attached hydrogen (secondary N) is 1. The summed E-state index contributed by atoms with van der Waals surface area (Å²) in [5.41, 5.74) is 0.660. The van der Waals surface area contributed by atoms with Gasteiger partial charge < -0.3 is 4.98 Å². The van der Waals surface area contributed by atoms with Gasteiger partial charge in [0.15, 0.2) is 0 Å². The van der Waals surface area contributed by atoms with E-state index in [1.165, 1.54) is 10.5 Å². The second kappa shape index (κ2) is 5.77. The van der Waals surface area contributed by atoms with Crippen LogP contribution in [-0.4, -0.2) is 29.7 Å². The molecule has 4 rings (SSSR count). The van der Waals surface area contributed by atoms with Gasteiger partial charge in [0.1, 0.15) is 10.6 Å². The smallest absolute Gasteiger partial charge is 0.272 e. The number of fused-ring (bicyclic) bond motifs is 1. The number of hydrogen-bond acceptors (Lipinski definition) is 4. The Balaban J connectivity index is 1.73. The van der Waals surface area contributed by atoms with Gasteiger partial charge in [0.25, 0.3) is 15.6 Å². The first-order valence-electron chi connectivity index (χ1n) is 8.35. The third-order valence-electron chi connectivity index (χ3n) is 4.94. The first-order valence-corrected chi connectivity index (χ1v) is 9.79. The minimum Gasteiger partial charge on any atom is -0.327 e. The summed E-state index contributed by atoms with van der Waals surface area (Å²) < 4.78 is 29.1. The summed E-state index contributed by atoms with van der Waals surface area (Å²) in [5.74, 6) is 0. The van der Waals surface area contributed by atoms with Crippen molar-refractivity contribution in [1.29, 1.82) is 0 Å². The molecule has 7 nitrogen and oxygen atoms in total. The van der Waals surface area contributed by atoms with Crippen molar-refractivity contribution in [1.82, 2.24) is 14.8 Å². The van der Waals surface area contributed by atoms with Crippen LogP contribution in [0.15, 0.2) is 34.3 Å². The third kappa shape index (κ3) is 2.45. The van der Waals surface area contributed by atoms with Crippen LogP contribution < -0.4 is 9.86 Å². The molecule has 0 unspecified atom stereocenters. The van der Waals surface area contributed by atoms with Crippen molar-refractivity contribution in [3.63, 3.8) is 0 Å². The minimum atomic E-state index is -3.78. The number of pyridine rings is 1. The Labute approximate surface area is 140 Å². The van der Waals surface area contributed by atoms with Crippen LogP contribution in [0.4, 0.5) is 5.69 Å². The van der Waals surface area contributed by atoms with Gasteiger partial charge in [-0.15, -0.1) is 0 Å². The lowest BCUT2D eigenvalue weighted by Gasteiger charge is -2.28. The molecule has 128 valence electrons. The van der Waals surface area contributed by atoms with E-state index in [0.29, 0.717) is 19.4 Å². The topological polar surface area (TPSA) is 88.1 Å². The number of aromatic nitrogens is 3. The van der Waals surface area contributed by atoms with E-state index >= 15 is 0 Å². The normalized spacial score (nSPS) is 18.8. The zero-order chi connectivity index (χ0) is 16.7. The van der Waals surface area contributed by atoms with Gasteiger partial charge >= 0.3 is 0 Å². The second-order valence-corrected chi connectivity index (χ2v) is 8.32. The number of anilines is 1. The molecule has 2 aliphatic rings. The molecule has 24 heavy (non-hydrogen) atoms. The first-order chi connectivity index (χ1) is 11.6. The zero-order valence-electron chi connectivity index (χ0n) is 13.3. The lowest BCUT2D eigenvalue weighted by molar-refractivity contribution is 0.466. The molecule has 0 amide bonds. The van der Waals surface area contributed by atoms with Gasteiger partial charge in [-0.05, 0) is 37.3 Å². The summed E-state index contributed by atoms with van der Waals surface area (Å²) in [6.45, 7) is 0.317. The minimum absolute atomic E-state index is 0.158. The Bertz CT molecular complexity index is 909. The van der Waals surface area contributed by atoms with Gasteiger partial charge in [-0.25, -0.2) is 8.42 Å². The number of sulfonamides is 1. The summed E-state index contributed by atoms with van der Waals surface area (Å²) in [7, 11) is -3.78. The maximum atomic E-state index is 13.1. The van der Waals surface area contributed by atoms with E-state index in [0.717, 1.165) is 31.2 Å². The molecule has 2 aromatic heterocycles.